The van der Waals surface area contributed by atoms with Crippen LogP contribution >= 0.6 is 44.1 Å². The van der Waals surface area contributed by atoms with Gasteiger partial charge in [-0.2, -0.15) is 5.10 Å². The molecule has 2 N–H and O–H groups in total. The molecule has 0 aliphatic heterocycles. The molecule has 2 rings (SSSR count). The zero-order chi connectivity index (χ0) is 18.9. The number of methoxy groups -OCH3 is 1. The average Bonchev–Trinajstić information content (AvgIpc) is 2.63. The lowest BCUT2D eigenvalue weighted by Crippen LogP contribution is -2.31. The van der Waals surface area contributed by atoms with Crippen LogP contribution in [0, 0.1) is 0 Å². The zero-order valence-electron chi connectivity index (χ0n) is 14.4. The van der Waals surface area contributed by atoms with E-state index in [-0.39, 0.29) is 0 Å². The van der Waals surface area contributed by atoms with Gasteiger partial charge in [0.25, 0.3) is 0 Å². The normalized spacial score (nSPS) is 10.6. The summed E-state index contributed by atoms with van der Waals surface area (Å²) in [6, 6.07) is 11.7. The predicted molar refractivity (Wildman–Crippen MR) is 116 cm³/mol. The molecular weight excluding hydrogens is 482 g/mol. The highest BCUT2D eigenvalue weighted by atomic mass is 79.9. The second kappa shape index (κ2) is 10.5. The van der Waals surface area contributed by atoms with Crippen LogP contribution in [-0.2, 0) is 6.61 Å². The Morgan fingerprint density at radius 1 is 1.19 bits per heavy atom. The maximum atomic E-state index is 5.90. The number of thiocarbonyl (C=S) groups is 1. The Balaban J connectivity index is 2.08. The van der Waals surface area contributed by atoms with E-state index in [9.17, 15) is 0 Å². The van der Waals surface area contributed by atoms with E-state index >= 15 is 0 Å². The summed E-state index contributed by atoms with van der Waals surface area (Å²) in [5, 5.41) is 7.55. The van der Waals surface area contributed by atoms with Crippen LogP contribution in [0.25, 0.3) is 0 Å². The minimum Gasteiger partial charge on any atom is -0.493 e. The molecule has 0 unspecified atom stereocenters. The molecule has 0 amide bonds. The van der Waals surface area contributed by atoms with Crippen LogP contribution in [0.1, 0.15) is 18.1 Å². The van der Waals surface area contributed by atoms with Gasteiger partial charge >= 0.3 is 0 Å². The lowest BCUT2D eigenvalue weighted by molar-refractivity contribution is 0.284. The largest absolute Gasteiger partial charge is 0.493 e. The molecule has 138 valence electrons. The first-order valence-electron chi connectivity index (χ1n) is 7.85. The highest BCUT2D eigenvalue weighted by molar-refractivity contribution is 9.10. The maximum absolute atomic E-state index is 5.90. The van der Waals surface area contributed by atoms with Crippen molar-refractivity contribution in [1.82, 2.24) is 10.7 Å². The van der Waals surface area contributed by atoms with Gasteiger partial charge < -0.3 is 14.8 Å². The molecule has 2 aromatic carbocycles. The van der Waals surface area contributed by atoms with Crippen molar-refractivity contribution in [2.24, 2.45) is 5.10 Å². The summed E-state index contributed by atoms with van der Waals surface area (Å²) < 4.78 is 13.2. The van der Waals surface area contributed by atoms with Gasteiger partial charge in [0, 0.05) is 21.1 Å². The van der Waals surface area contributed by atoms with Gasteiger partial charge in [-0.1, -0.05) is 28.1 Å². The molecule has 5 nitrogen and oxygen atoms in total. The van der Waals surface area contributed by atoms with E-state index in [1.165, 1.54) is 0 Å². The SMILES string of the molecule is CCNC(=S)N/N=C\c1cc(OC)c(OCc2ccc(Br)cc2)cc1Br. The number of hydrogen-bond donors (Lipinski definition) is 2. The van der Waals surface area contributed by atoms with E-state index < -0.39 is 0 Å². The Labute approximate surface area is 175 Å². The van der Waals surface area contributed by atoms with Crippen molar-refractivity contribution in [3.05, 3.63) is 56.5 Å². The van der Waals surface area contributed by atoms with Crippen molar-refractivity contribution in [2.75, 3.05) is 13.7 Å². The Morgan fingerprint density at radius 2 is 1.92 bits per heavy atom. The number of hydrogen-bond acceptors (Lipinski definition) is 4. The maximum Gasteiger partial charge on any atom is 0.186 e. The number of halogens is 2. The van der Waals surface area contributed by atoms with Gasteiger partial charge in [-0.15, -0.1) is 0 Å². The standard InChI is InChI=1S/C18H19Br2N3O2S/c1-3-21-18(26)23-22-10-13-8-16(24-2)17(9-15(13)20)25-11-12-4-6-14(19)7-5-12/h4-10H,3,11H2,1-2H3,(H2,21,23,26)/b22-10-. The molecule has 0 heterocycles. The van der Waals surface area contributed by atoms with Crippen LogP contribution in [-0.4, -0.2) is 25.0 Å². The fourth-order valence-corrected chi connectivity index (χ4v) is 2.91. The number of ether oxygens (including phenoxy) is 2. The number of benzene rings is 2. The first kappa shape index (κ1) is 20.7. The number of nitrogens with one attached hydrogen (secondary N) is 2. The van der Waals surface area contributed by atoms with Crippen molar-refractivity contribution in [1.29, 1.82) is 0 Å². The molecule has 0 bridgehead atoms. The fraction of sp³-hybridized carbons (Fsp3) is 0.222. The van der Waals surface area contributed by atoms with Crippen LogP contribution in [0.2, 0.25) is 0 Å². The van der Waals surface area contributed by atoms with Gasteiger partial charge in [-0.3, -0.25) is 5.43 Å². The third kappa shape index (κ3) is 6.26. The van der Waals surface area contributed by atoms with E-state index in [1.807, 2.05) is 43.3 Å². The molecule has 0 aliphatic rings. The molecule has 0 aromatic heterocycles. The number of rotatable bonds is 7. The van der Waals surface area contributed by atoms with Crippen molar-refractivity contribution in [3.8, 4) is 11.5 Å². The van der Waals surface area contributed by atoms with Gasteiger partial charge in [0.1, 0.15) is 6.61 Å². The van der Waals surface area contributed by atoms with Crippen molar-refractivity contribution >= 4 is 55.4 Å². The van der Waals surface area contributed by atoms with Gasteiger partial charge in [-0.05, 0) is 64.9 Å². The Morgan fingerprint density at radius 3 is 2.58 bits per heavy atom. The van der Waals surface area contributed by atoms with Gasteiger partial charge in [0.05, 0.1) is 13.3 Å². The average molecular weight is 501 g/mol. The zero-order valence-corrected chi connectivity index (χ0v) is 18.4. The second-order valence-electron chi connectivity index (χ2n) is 5.17. The molecule has 0 radical (unpaired) electrons. The molecular formula is C18H19Br2N3O2S. The lowest BCUT2D eigenvalue weighted by Gasteiger charge is -2.13. The topological polar surface area (TPSA) is 54.9 Å². The predicted octanol–water partition coefficient (Wildman–Crippen LogP) is 4.62. The van der Waals surface area contributed by atoms with E-state index in [0.29, 0.717) is 23.2 Å². The van der Waals surface area contributed by atoms with E-state index in [2.05, 4.69) is 47.7 Å². The van der Waals surface area contributed by atoms with Crippen molar-refractivity contribution in [2.45, 2.75) is 13.5 Å². The molecule has 0 atom stereocenters. The minimum absolute atomic E-state index is 0.446. The fourth-order valence-electron chi connectivity index (χ4n) is 2.02. The molecule has 2 aromatic rings. The van der Waals surface area contributed by atoms with Crippen LogP contribution in [0.3, 0.4) is 0 Å². The summed E-state index contributed by atoms with van der Waals surface area (Å²) in [4.78, 5) is 0. The molecule has 0 fully saturated rings. The summed E-state index contributed by atoms with van der Waals surface area (Å²) in [6.45, 7) is 3.15. The Bertz CT molecular complexity index is 783. The lowest BCUT2D eigenvalue weighted by atomic mass is 10.2. The van der Waals surface area contributed by atoms with Gasteiger partial charge in [0.15, 0.2) is 16.6 Å². The molecule has 26 heavy (non-hydrogen) atoms. The van der Waals surface area contributed by atoms with E-state index in [0.717, 1.165) is 26.6 Å². The smallest absolute Gasteiger partial charge is 0.186 e. The van der Waals surface area contributed by atoms with Crippen LogP contribution in [0.15, 0.2) is 50.4 Å². The molecule has 0 spiro atoms. The van der Waals surface area contributed by atoms with E-state index in [4.69, 9.17) is 21.7 Å². The third-order valence-corrected chi connectivity index (χ3v) is 4.75. The summed E-state index contributed by atoms with van der Waals surface area (Å²) in [6.07, 6.45) is 1.66. The summed E-state index contributed by atoms with van der Waals surface area (Å²) in [5.41, 5.74) is 4.66. The quantitative estimate of drug-likeness (QED) is 0.330. The van der Waals surface area contributed by atoms with Gasteiger partial charge in [0.2, 0.25) is 0 Å². The first-order chi connectivity index (χ1) is 12.5. The third-order valence-electron chi connectivity index (χ3n) is 3.30. The van der Waals surface area contributed by atoms with E-state index in [1.54, 1.807) is 13.3 Å². The summed E-state index contributed by atoms with van der Waals surface area (Å²) in [5.74, 6) is 1.27. The highest BCUT2D eigenvalue weighted by Gasteiger charge is 2.10. The molecule has 0 saturated carbocycles. The first-order valence-corrected chi connectivity index (χ1v) is 9.84. The summed E-state index contributed by atoms with van der Waals surface area (Å²) in [7, 11) is 1.61. The van der Waals surface area contributed by atoms with Crippen LogP contribution in [0.4, 0.5) is 0 Å². The molecule has 0 aliphatic carbocycles. The van der Waals surface area contributed by atoms with Crippen molar-refractivity contribution < 1.29 is 9.47 Å². The second-order valence-corrected chi connectivity index (χ2v) is 7.35. The number of hydrazone groups is 1. The molecule has 8 heteroatoms. The van der Waals surface area contributed by atoms with Crippen molar-refractivity contribution in [3.63, 3.8) is 0 Å². The van der Waals surface area contributed by atoms with Crippen LogP contribution < -0.4 is 20.2 Å². The Kier molecular flexibility index (Phi) is 8.34. The van der Waals surface area contributed by atoms with Crippen LogP contribution in [0.5, 0.6) is 11.5 Å². The molecule has 0 saturated heterocycles. The summed E-state index contributed by atoms with van der Waals surface area (Å²) >= 11 is 12.0. The Hall–Kier alpha value is -1.64. The monoisotopic (exact) mass is 499 g/mol. The minimum atomic E-state index is 0.446. The highest BCUT2D eigenvalue weighted by Crippen LogP contribution is 2.33. The van der Waals surface area contributed by atoms with Gasteiger partial charge in [-0.25, -0.2) is 0 Å². The number of nitrogens with zero attached hydrogens (tertiary/aromatic N) is 1.